The largest absolute Gasteiger partial charge is 0.387 e. The molecule has 0 bridgehead atoms. The van der Waals surface area contributed by atoms with Crippen molar-refractivity contribution in [3.05, 3.63) is 58.9 Å². The first-order chi connectivity index (χ1) is 11.6. The molecule has 24 heavy (non-hydrogen) atoms. The fourth-order valence-electron chi connectivity index (χ4n) is 2.89. The summed E-state index contributed by atoms with van der Waals surface area (Å²) in [6, 6.07) is 13.2. The summed E-state index contributed by atoms with van der Waals surface area (Å²) in [4.78, 5) is 12.4. The van der Waals surface area contributed by atoms with Crippen LogP contribution in [0.5, 0.6) is 0 Å². The Morgan fingerprint density at radius 3 is 2.58 bits per heavy atom. The van der Waals surface area contributed by atoms with E-state index in [1.54, 1.807) is 18.2 Å². The molecule has 0 saturated heterocycles. The lowest BCUT2D eigenvalue weighted by Gasteiger charge is -2.12. The average molecular weight is 324 g/mol. The number of aliphatic hydroxyl groups excluding tert-OH is 1. The highest BCUT2D eigenvalue weighted by molar-refractivity contribution is 5.94. The van der Waals surface area contributed by atoms with Crippen LogP contribution in [0.15, 0.2) is 36.4 Å². The van der Waals surface area contributed by atoms with E-state index in [1.807, 2.05) is 36.7 Å². The van der Waals surface area contributed by atoms with Crippen molar-refractivity contribution in [2.45, 2.75) is 45.1 Å². The molecule has 1 N–H and O–H groups in total. The van der Waals surface area contributed by atoms with Crippen molar-refractivity contribution in [2.75, 3.05) is 0 Å². The van der Waals surface area contributed by atoms with Gasteiger partial charge in [-0.05, 0) is 49.1 Å². The van der Waals surface area contributed by atoms with Crippen LogP contribution in [0.4, 0.5) is 0 Å². The van der Waals surface area contributed by atoms with E-state index < -0.39 is 6.10 Å². The third kappa shape index (κ3) is 4.33. The van der Waals surface area contributed by atoms with Crippen LogP contribution in [-0.4, -0.2) is 15.5 Å². The number of benzene rings is 1. The zero-order chi connectivity index (χ0) is 17.5. The predicted molar refractivity (Wildman–Crippen MR) is 93.7 cm³/mol. The fraction of sp³-hybridized carbons (Fsp3) is 0.400. The second-order valence-corrected chi connectivity index (χ2v) is 6.09. The van der Waals surface area contributed by atoms with Crippen molar-refractivity contribution in [2.24, 2.45) is 7.05 Å². The number of nitrogens with zero attached hydrogens (tertiary/aromatic N) is 2. The Labute approximate surface area is 143 Å². The lowest BCUT2D eigenvalue weighted by molar-refractivity contribution is 0.0970. The van der Waals surface area contributed by atoms with Gasteiger partial charge in [0.15, 0.2) is 5.78 Å². The number of nitriles is 1. The molecule has 0 aliphatic carbocycles. The van der Waals surface area contributed by atoms with E-state index in [0.717, 1.165) is 30.5 Å². The molecule has 2 rings (SSSR count). The zero-order valence-electron chi connectivity index (χ0n) is 14.3. The predicted octanol–water partition coefficient (Wildman–Crippen LogP) is 3.94. The molecule has 0 saturated carbocycles. The van der Waals surface area contributed by atoms with Crippen LogP contribution in [0.3, 0.4) is 0 Å². The number of hydrogen-bond acceptors (Lipinski definition) is 3. The van der Waals surface area contributed by atoms with E-state index in [-0.39, 0.29) is 5.78 Å². The quantitative estimate of drug-likeness (QED) is 0.748. The number of aryl methyl sites for hydroxylation is 1. The van der Waals surface area contributed by atoms with Crippen LogP contribution >= 0.6 is 0 Å². The molecule has 2 aromatic rings. The van der Waals surface area contributed by atoms with Crippen LogP contribution in [0, 0.1) is 11.3 Å². The summed E-state index contributed by atoms with van der Waals surface area (Å²) in [6.07, 6.45) is 3.14. The third-order valence-electron chi connectivity index (χ3n) is 4.30. The van der Waals surface area contributed by atoms with Crippen molar-refractivity contribution in [3.63, 3.8) is 0 Å². The Morgan fingerprint density at radius 2 is 1.96 bits per heavy atom. The summed E-state index contributed by atoms with van der Waals surface area (Å²) in [5.74, 6) is 0.0982. The standard InChI is InChI=1S/C20H24N2O2/c1-3-5-19(23)17-12-13-18(22(17)2)20(24)7-4-6-15-8-10-16(14-21)11-9-15/h8-13,19,23H,3-7H2,1-2H3. The van der Waals surface area contributed by atoms with E-state index in [1.165, 1.54) is 0 Å². The molecule has 1 atom stereocenters. The Balaban J connectivity index is 1.91. The molecule has 1 heterocycles. The van der Waals surface area contributed by atoms with Gasteiger partial charge in [0.1, 0.15) is 0 Å². The Bertz CT molecular complexity index is 723. The van der Waals surface area contributed by atoms with Gasteiger partial charge in [0.2, 0.25) is 0 Å². The summed E-state index contributed by atoms with van der Waals surface area (Å²) < 4.78 is 1.81. The normalized spacial score (nSPS) is 11.9. The summed E-state index contributed by atoms with van der Waals surface area (Å²) in [5.41, 5.74) is 3.23. The first kappa shape index (κ1) is 18.0. The highest BCUT2D eigenvalue weighted by Gasteiger charge is 2.16. The van der Waals surface area contributed by atoms with Crippen molar-refractivity contribution >= 4 is 5.78 Å². The second kappa shape index (κ2) is 8.47. The molecule has 1 unspecified atom stereocenters. The average Bonchev–Trinajstić information content (AvgIpc) is 2.97. The molecule has 126 valence electrons. The summed E-state index contributed by atoms with van der Waals surface area (Å²) in [7, 11) is 1.84. The molecular formula is C20H24N2O2. The van der Waals surface area contributed by atoms with Crippen molar-refractivity contribution in [1.82, 2.24) is 4.57 Å². The minimum atomic E-state index is -0.514. The van der Waals surface area contributed by atoms with Gasteiger partial charge < -0.3 is 9.67 Å². The number of aliphatic hydroxyl groups is 1. The maximum atomic E-state index is 12.4. The highest BCUT2D eigenvalue weighted by atomic mass is 16.3. The number of Topliss-reactive ketones (excluding diaryl/α,β-unsaturated/α-hetero) is 1. The summed E-state index contributed by atoms with van der Waals surface area (Å²) in [6.45, 7) is 2.03. The van der Waals surface area contributed by atoms with E-state index >= 15 is 0 Å². The fourth-order valence-corrected chi connectivity index (χ4v) is 2.89. The molecule has 4 nitrogen and oxygen atoms in total. The van der Waals surface area contributed by atoms with Crippen LogP contribution < -0.4 is 0 Å². The minimum absolute atomic E-state index is 0.0982. The van der Waals surface area contributed by atoms with Crippen molar-refractivity contribution in [1.29, 1.82) is 5.26 Å². The summed E-state index contributed by atoms with van der Waals surface area (Å²) in [5, 5.41) is 18.9. The van der Waals surface area contributed by atoms with Gasteiger partial charge in [-0.15, -0.1) is 0 Å². The summed E-state index contributed by atoms with van der Waals surface area (Å²) >= 11 is 0. The van der Waals surface area contributed by atoms with Crippen LogP contribution in [0.2, 0.25) is 0 Å². The van der Waals surface area contributed by atoms with Crippen molar-refractivity contribution in [3.8, 4) is 6.07 Å². The molecule has 1 aromatic carbocycles. The number of carbonyl (C=O) groups excluding carboxylic acids is 1. The Hall–Kier alpha value is -2.38. The lowest BCUT2D eigenvalue weighted by atomic mass is 10.0. The molecule has 0 amide bonds. The third-order valence-corrected chi connectivity index (χ3v) is 4.30. The van der Waals surface area contributed by atoms with Crippen LogP contribution in [0.1, 0.15) is 66.0 Å². The molecule has 0 aliphatic rings. The second-order valence-electron chi connectivity index (χ2n) is 6.09. The SMILES string of the molecule is CCCC(O)c1ccc(C(=O)CCCc2ccc(C#N)cc2)n1C. The van der Waals surface area contributed by atoms with Gasteiger partial charge in [0.05, 0.1) is 23.4 Å². The van der Waals surface area contributed by atoms with E-state index in [2.05, 4.69) is 6.07 Å². The number of carbonyl (C=O) groups is 1. The minimum Gasteiger partial charge on any atom is -0.387 e. The molecular weight excluding hydrogens is 300 g/mol. The number of ketones is 1. The Morgan fingerprint density at radius 1 is 1.25 bits per heavy atom. The molecule has 0 aliphatic heterocycles. The first-order valence-electron chi connectivity index (χ1n) is 8.42. The topological polar surface area (TPSA) is 66.0 Å². The monoisotopic (exact) mass is 324 g/mol. The van der Waals surface area contributed by atoms with E-state index in [4.69, 9.17) is 5.26 Å². The highest BCUT2D eigenvalue weighted by Crippen LogP contribution is 2.21. The van der Waals surface area contributed by atoms with Gasteiger partial charge in [-0.1, -0.05) is 25.5 Å². The molecule has 4 heteroatoms. The van der Waals surface area contributed by atoms with Crippen molar-refractivity contribution < 1.29 is 9.90 Å². The van der Waals surface area contributed by atoms with E-state index in [0.29, 0.717) is 24.1 Å². The zero-order valence-corrected chi connectivity index (χ0v) is 14.3. The number of aromatic nitrogens is 1. The molecule has 1 aromatic heterocycles. The maximum Gasteiger partial charge on any atom is 0.179 e. The number of rotatable bonds is 8. The van der Waals surface area contributed by atoms with Gasteiger partial charge in [0, 0.05) is 19.2 Å². The molecule has 0 spiro atoms. The van der Waals surface area contributed by atoms with Crippen LogP contribution in [-0.2, 0) is 13.5 Å². The first-order valence-corrected chi connectivity index (χ1v) is 8.42. The Kier molecular flexibility index (Phi) is 6.34. The van der Waals surface area contributed by atoms with Gasteiger partial charge in [0.25, 0.3) is 0 Å². The van der Waals surface area contributed by atoms with Gasteiger partial charge >= 0.3 is 0 Å². The maximum absolute atomic E-state index is 12.4. The molecule has 0 fully saturated rings. The van der Waals surface area contributed by atoms with Crippen LogP contribution in [0.25, 0.3) is 0 Å². The van der Waals surface area contributed by atoms with Gasteiger partial charge in [-0.3, -0.25) is 4.79 Å². The van der Waals surface area contributed by atoms with Gasteiger partial charge in [-0.25, -0.2) is 0 Å². The van der Waals surface area contributed by atoms with E-state index in [9.17, 15) is 9.90 Å². The van der Waals surface area contributed by atoms with Gasteiger partial charge in [-0.2, -0.15) is 5.26 Å². The lowest BCUT2D eigenvalue weighted by Crippen LogP contribution is -2.10. The smallest absolute Gasteiger partial charge is 0.179 e. The number of hydrogen-bond donors (Lipinski definition) is 1. The molecule has 0 radical (unpaired) electrons.